The molecule has 0 radical (unpaired) electrons. The number of nitrogens with zero attached hydrogens (tertiary/aromatic N) is 2. The van der Waals surface area contributed by atoms with Crippen molar-refractivity contribution in [2.24, 2.45) is 0 Å². The summed E-state index contributed by atoms with van der Waals surface area (Å²) in [7, 11) is 0. The van der Waals surface area contributed by atoms with Crippen LogP contribution in [0.3, 0.4) is 0 Å². The van der Waals surface area contributed by atoms with Crippen LogP contribution >= 0.6 is 15.9 Å². The molecule has 0 saturated heterocycles. The van der Waals surface area contributed by atoms with Crippen LogP contribution in [0.5, 0.6) is 11.5 Å². The highest BCUT2D eigenvalue weighted by Crippen LogP contribution is 2.29. The van der Waals surface area contributed by atoms with E-state index in [4.69, 9.17) is 0 Å². The zero-order valence-electron chi connectivity index (χ0n) is 9.51. The minimum atomic E-state index is -0.572. The van der Waals surface area contributed by atoms with Crippen LogP contribution in [0.2, 0.25) is 0 Å². The van der Waals surface area contributed by atoms with Crippen LogP contribution in [0.15, 0.2) is 40.9 Å². The Morgan fingerprint density at radius 3 is 2.47 bits per heavy atom. The van der Waals surface area contributed by atoms with Crippen molar-refractivity contribution in [2.75, 3.05) is 0 Å². The minimum Gasteiger partial charge on any atom is -0.508 e. The topological polar surface area (TPSA) is 58.3 Å². The molecule has 4 nitrogen and oxygen atoms in total. The zero-order chi connectivity index (χ0) is 13.6. The second-order valence-electron chi connectivity index (χ2n) is 4.04. The van der Waals surface area contributed by atoms with Crippen molar-refractivity contribution in [3.63, 3.8) is 0 Å². The third-order valence-electron chi connectivity index (χ3n) is 2.76. The van der Waals surface area contributed by atoms with Crippen molar-refractivity contribution >= 4 is 26.8 Å². The van der Waals surface area contributed by atoms with E-state index in [2.05, 4.69) is 21.0 Å². The number of phenols is 2. The van der Waals surface area contributed by atoms with E-state index in [9.17, 15) is 14.6 Å². The van der Waals surface area contributed by atoms with Crippen molar-refractivity contribution in [2.45, 2.75) is 0 Å². The van der Waals surface area contributed by atoms with Crippen molar-refractivity contribution < 1.29 is 14.6 Å². The Hall–Kier alpha value is -2.08. The number of benzene rings is 2. The Kier molecular flexibility index (Phi) is 2.67. The van der Waals surface area contributed by atoms with Crippen molar-refractivity contribution in [1.82, 2.24) is 9.78 Å². The van der Waals surface area contributed by atoms with E-state index in [0.29, 0.717) is 15.7 Å². The molecule has 1 heterocycles. The van der Waals surface area contributed by atoms with Crippen LogP contribution in [0.25, 0.3) is 16.6 Å². The van der Waals surface area contributed by atoms with Crippen LogP contribution in [0.4, 0.5) is 4.39 Å². The fourth-order valence-corrected chi connectivity index (χ4v) is 2.40. The number of fused-ring (bicyclic) bond motifs is 1. The van der Waals surface area contributed by atoms with Gasteiger partial charge in [-0.1, -0.05) is 0 Å². The molecule has 0 spiro atoms. The third kappa shape index (κ3) is 1.94. The summed E-state index contributed by atoms with van der Waals surface area (Å²) in [6.07, 6.45) is 0. The maximum Gasteiger partial charge on any atom is 0.224 e. The number of halogens is 2. The molecule has 3 aromatic rings. The van der Waals surface area contributed by atoms with Gasteiger partial charge in [0.2, 0.25) is 5.95 Å². The minimum absolute atomic E-state index is 0.0179. The van der Waals surface area contributed by atoms with Gasteiger partial charge in [0.15, 0.2) is 0 Å². The highest BCUT2D eigenvalue weighted by Gasteiger charge is 2.15. The molecule has 0 fully saturated rings. The normalized spacial score (nSPS) is 11.1. The van der Waals surface area contributed by atoms with Gasteiger partial charge in [0.1, 0.15) is 11.5 Å². The Bertz CT molecular complexity index is 786. The number of hydrogen-bond acceptors (Lipinski definition) is 3. The average Bonchev–Trinajstić information content (AvgIpc) is 2.67. The summed E-state index contributed by atoms with van der Waals surface area (Å²) in [5.74, 6) is -0.515. The maximum absolute atomic E-state index is 14.3. The molecule has 0 saturated carbocycles. The molecule has 1 aromatic heterocycles. The predicted octanol–water partition coefficient (Wildman–Crippen LogP) is 3.34. The Morgan fingerprint density at radius 2 is 1.74 bits per heavy atom. The number of rotatable bonds is 1. The van der Waals surface area contributed by atoms with Gasteiger partial charge in [-0.3, -0.25) is 0 Å². The molecular weight excluding hydrogens is 315 g/mol. The second kappa shape index (κ2) is 4.24. The Morgan fingerprint density at radius 1 is 1.05 bits per heavy atom. The number of hydrogen-bond donors (Lipinski definition) is 2. The molecule has 3 rings (SSSR count). The van der Waals surface area contributed by atoms with Crippen molar-refractivity contribution in [3.05, 3.63) is 46.8 Å². The summed E-state index contributed by atoms with van der Waals surface area (Å²) in [4.78, 5) is 0. The molecule has 6 heteroatoms. The van der Waals surface area contributed by atoms with Crippen LogP contribution in [-0.4, -0.2) is 20.0 Å². The van der Waals surface area contributed by atoms with E-state index >= 15 is 0 Å². The largest absolute Gasteiger partial charge is 0.508 e. The first-order valence-electron chi connectivity index (χ1n) is 5.42. The van der Waals surface area contributed by atoms with E-state index in [1.807, 2.05) is 0 Å². The van der Waals surface area contributed by atoms with Gasteiger partial charge < -0.3 is 10.2 Å². The highest BCUT2D eigenvalue weighted by molar-refractivity contribution is 9.10. The van der Waals surface area contributed by atoms with E-state index in [1.54, 1.807) is 12.1 Å². The van der Waals surface area contributed by atoms with E-state index in [1.165, 1.54) is 24.3 Å². The Balaban J connectivity index is 2.28. The monoisotopic (exact) mass is 322 g/mol. The summed E-state index contributed by atoms with van der Waals surface area (Å²) in [6, 6.07) is 8.77. The highest BCUT2D eigenvalue weighted by atomic mass is 79.9. The van der Waals surface area contributed by atoms with Gasteiger partial charge in [0.05, 0.1) is 16.6 Å². The molecular formula is C13H8BrFN2O2. The fraction of sp³-hybridized carbons (Fsp3) is 0. The van der Waals surface area contributed by atoms with Gasteiger partial charge >= 0.3 is 0 Å². The number of phenolic OH excluding ortho intramolecular Hbond substituents is 2. The molecule has 19 heavy (non-hydrogen) atoms. The summed E-state index contributed by atoms with van der Waals surface area (Å²) >= 11 is 3.25. The van der Waals surface area contributed by atoms with E-state index in [-0.39, 0.29) is 16.9 Å². The molecule has 0 aliphatic carbocycles. The molecule has 96 valence electrons. The summed E-state index contributed by atoms with van der Waals surface area (Å²) in [5.41, 5.74) is 0.904. The van der Waals surface area contributed by atoms with Gasteiger partial charge in [-0.2, -0.15) is 9.49 Å². The smallest absolute Gasteiger partial charge is 0.224 e. The quantitative estimate of drug-likeness (QED) is 0.722. The first-order chi connectivity index (χ1) is 9.06. The molecule has 0 bridgehead atoms. The fourth-order valence-electron chi connectivity index (χ4n) is 1.87. The van der Waals surface area contributed by atoms with E-state index in [0.717, 1.165) is 4.68 Å². The van der Waals surface area contributed by atoms with Gasteiger partial charge in [0, 0.05) is 4.47 Å². The number of aromatic hydroxyl groups is 2. The first-order valence-corrected chi connectivity index (χ1v) is 6.22. The molecule has 2 aromatic carbocycles. The standard InChI is InChI=1S/C13H8BrFN2O2/c14-10-6-8(19)2-4-12(10)17-13(15)9-5-7(18)1-3-11(9)16-17/h1-6,18-19H. The van der Waals surface area contributed by atoms with Crippen molar-refractivity contribution in [3.8, 4) is 17.2 Å². The number of aromatic nitrogens is 2. The van der Waals surface area contributed by atoms with Gasteiger partial charge in [-0.15, -0.1) is 0 Å². The lowest BCUT2D eigenvalue weighted by Gasteiger charge is -2.05. The predicted molar refractivity (Wildman–Crippen MR) is 72.1 cm³/mol. The van der Waals surface area contributed by atoms with Crippen LogP contribution < -0.4 is 0 Å². The van der Waals surface area contributed by atoms with Crippen LogP contribution in [-0.2, 0) is 0 Å². The zero-order valence-corrected chi connectivity index (χ0v) is 11.1. The first kappa shape index (κ1) is 12.0. The Labute approximate surface area is 115 Å². The summed E-state index contributed by atoms with van der Waals surface area (Å²) in [5, 5.41) is 23.1. The molecule has 0 aliphatic heterocycles. The lowest BCUT2D eigenvalue weighted by molar-refractivity contribution is 0.474. The molecule has 0 aliphatic rings. The molecule has 0 amide bonds. The maximum atomic E-state index is 14.3. The molecule has 0 atom stereocenters. The van der Waals surface area contributed by atoms with Crippen LogP contribution in [0.1, 0.15) is 0 Å². The van der Waals surface area contributed by atoms with Gasteiger partial charge in [-0.05, 0) is 52.3 Å². The summed E-state index contributed by atoms with van der Waals surface area (Å²) < 4.78 is 15.9. The van der Waals surface area contributed by atoms with E-state index < -0.39 is 5.95 Å². The third-order valence-corrected chi connectivity index (χ3v) is 3.39. The average molecular weight is 323 g/mol. The van der Waals surface area contributed by atoms with Crippen molar-refractivity contribution in [1.29, 1.82) is 0 Å². The second-order valence-corrected chi connectivity index (χ2v) is 4.89. The van der Waals surface area contributed by atoms with Crippen LogP contribution in [0, 0.1) is 5.95 Å². The SMILES string of the molecule is Oc1ccc(-n2nc3ccc(O)cc3c2F)c(Br)c1. The van der Waals surface area contributed by atoms with Gasteiger partial charge in [-0.25, -0.2) is 4.68 Å². The lowest BCUT2D eigenvalue weighted by atomic mass is 10.2. The molecule has 2 N–H and O–H groups in total. The summed E-state index contributed by atoms with van der Waals surface area (Å²) in [6.45, 7) is 0. The lowest BCUT2D eigenvalue weighted by Crippen LogP contribution is -2.00. The molecule has 0 unspecified atom stereocenters. The van der Waals surface area contributed by atoms with Gasteiger partial charge in [0.25, 0.3) is 0 Å².